The molecule has 0 heterocycles. The van der Waals surface area contributed by atoms with E-state index in [9.17, 15) is 4.39 Å². The lowest BCUT2D eigenvalue weighted by Gasteiger charge is -2.13. The van der Waals surface area contributed by atoms with Gasteiger partial charge in [-0.05, 0) is 36.1 Å². The van der Waals surface area contributed by atoms with Crippen LogP contribution in [-0.2, 0) is 0 Å². The Hall–Kier alpha value is -1.94. The second kappa shape index (κ2) is 6.22. The molecule has 0 aliphatic heterocycles. The van der Waals surface area contributed by atoms with Crippen molar-refractivity contribution in [3.05, 3.63) is 46.7 Å². The maximum absolute atomic E-state index is 14.1. The van der Waals surface area contributed by atoms with Crippen LogP contribution in [0.5, 0.6) is 11.5 Å². The highest BCUT2D eigenvalue weighted by Crippen LogP contribution is 2.38. The van der Waals surface area contributed by atoms with Gasteiger partial charge in [-0.3, -0.25) is 0 Å². The number of benzene rings is 2. The molecule has 1 unspecified atom stereocenters. The van der Waals surface area contributed by atoms with Crippen LogP contribution in [0.25, 0.3) is 0 Å². The van der Waals surface area contributed by atoms with Gasteiger partial charge >= 0.3 is 0 Å². The van der Waals surface area contributed by atoms with Crippen LogP contribution >= 0.6 is 11.6 Å². The van der Waals surface area contributed by atoms with Crippen molar-refractivity contribution in [3.8, 4) is 11.5 Å². The molecule has 0 spiro atoms. The van der Waals surface area contributed by atoms with Crippen molar-refractivity contribution in [1.29, 1.82) is 0 Å². The number of hydrogen-bond acceptors (Lipinski definition) is 3. The fourth-order valence-corrected chi connectivity index (χ4v) is 2.11. The van der Waals surface area contributed by atoms with Gasteiger partial charge in [-0.25, -0.2) is 4.39 Å². The van der Waals surface area contributed by atoms with Gasteiger partial charge in [0, 0.05) is 0 Å². The topological polar surface area (TPSA) is 61.3 Å². The number of nitrogen functional groups attached to an aromatic ring is 2. The zero-order chi connectivity index (χ0) is 15.6. The molecule has 21 heavy (non-hydrogen) atoms. The molecule has 5 heteroatoms. The molecule has 0 radical (unpaired) electrons. The Morgan fingerprint density at radius 1 is 1.19 bits per heavy atom. The Kier molecular flexibility index (Phi) is 4.58. The van der Waals surface area contributed by atoms with Crippen molar-refractivity contribution in [2.45, 2.75) is 26.2 Å². The summed E-state index contributed by atoms with van der Waals surface area (Å²) < 4.78 is 19.6. The van der Waals surface area contributed by atoms with Gasteiger partial charge in [0.1, 0.15) is 10.8 Å². The fraction of sp³-hybridized carbons (Fsp3) is 0.250. The Morgan fingerprint density at radius 3 is 2.38 bits per heavy atom. The Bertz CT molecular complexity index is 644. The van der Waals surface area contributed by atoms with Crippen LogP contribution < -0.4 is 16.2 Å². The predicted octanol–water partition coefficient (Wildman–Crippen LogP) is 4.95. The predicted molar refractivity (Wildman–Crippen MR) is 85.5 cm³/mol. The summed E-state index contributed by atoms with van der Waals surface area (Å²) in [5, 5.41) is -0.185. The monoisotopic (exact) mass is 308 g/mol. The molecule has 0 fully saturated rings. The van der Waals surface area contributed by atoms with Crippen molar-refractivity contribution in [1.82, 2.24) is 0 Å². The van der Waals surface area contributed by atoms with Crippen molar-refractivity contribution in [3.63, 3.8) is 0 Å². The molecule has 2 aromatic rings. The SMILES string of the molecule is CCC(C)c1ccc(Oc2c(N)cc(N)c(Cl)c2F)cc1. The molecule has 2 aromatic carbocycles. The van der Waals surface area contributed by atoms with Gasteiger partial charge in [-0.2, -0.15) is 0 Å². The zero-order valence-corrected chi connectivity index (χ0v) is 12.7. The zero-order valence-electron chi connectivity index (χ0n) is 12.0. The van der Waals surface area contributed by atoms with E-state index in [1.807, 2.05) is 12.1 Å². The van der Waals surface area contributed by atoms with Gasteiger partial charge in [-0.1, -0.05) is 37.6 Å². The van der Waals surface area contributed by atoms with Gasteiger partial charge in [0.25, 0.3) is 0 Å². The Morgan fingerprint density at radius 2 is 1.81 bits per heavy atom. The van der Waals surface area contributed by atoms with Crippen molar-refractivity contribution >= 4 is 23.0 Å². The highest BCUT2D eigenvalue weighted by Gasteiger charge is 2.16. The summed E-state index contributed by atoms with van der Waals surface area (Å²) in [6.07, 6.45) is 1.05. The summed E-state index contributed by atoms with van der Waals surface area (Å²) in [4.78, 5) is 0. The molecule has 3 nitrogen and oxygen atoms in total. The van der Waals surface area contributed by atoms with Gasteiger partial charge in [0.2, 0.25) is 0 Å². The number of halogens is 2. The minimum Gasteiger partial charge on any atom is -0.452 e. The Balaban J connectivity index is 2.29. The highest BCUT2D eigenvalue weighted by atomic mass is 35.5. The van der Waals surface area contributed by atoms with E-state index in [0.29, 0.717) is 11.7 Å². The fourth-order valence-electron chi connectivity index (χ4n) is 1.97. The van der Waals surface area contributed by atoms with E-state index in [-0.39, 0.29) is 22.1 Å². The van der Waals surface area contributed by atoms with Gasteiger partial charge in [-0.15, -0.1) is 0 Å². The normalized spacial score (nSPS) is 12.2. The molecule has 0 aromatic heterocycles. The maximum atomic E-state index is 14.1. The lowest BCUT2D eigenvalue weighted by molar-refractivity contribution is 0.445. The van der Waals surface area contributed by atoms with Crippen LogP contribution in [0.4, 0.5) is 15.8 Å². The van der Waals surface area contributed by atoms with E-state index < -0.39 is 5.82 Å². The van der Waals surface area contributed by atoms with Crippen molar-refractivity contribution in [2.75, 3.05) is 11.5 Å². The summed E-state index contributed by atoms with van der Waals surface area (Å²) >= 11 is 5.77. The maximum Gasteiger partial charge on any atom is 0.188 e. The van der Waals surface area contributed by atoms with Crippen LogP contribution in [0.15, 0.2) is 30.3 Å². The second-order valence-corrected chi connectivity index (χ2v) is 5.37. The van der Waals surface area contributed by atoms with Crippen LogP contribution in [-0.4, -0.2) is 0 Å². The quantitative estimate of drug-likeness (QED) is 0.786. The summed E-state index contributed by atoms with van der Waals surface area (Å²) in [6, 6.07) is 8.86. The summed E-state index contributed by atoms with van der Waals surface area (Å²) in [5.41, 5.74) is 12.7. The molecule has 0 amide bonds. The highest BCUT2D eigenvalue weighted by molar-refractivity contribution is 6.33. The molecule has 1 atom stereocenters. The minimum absolute atomic E-state index is 0.0890. The molecule has 0 saturated carbocycles. The molecule has 0 bridgehead atoms. The number of ether oxygens (including phenoxy) is 1. The van der Waals surface area contributed by atoms with Crippen LogP contribution in [0, 0.1) is 5.82 Å². The Labute approximate surface area is 128 Å². The average molecular weight is 309 g/mol. The molecule has 0 saturated heterocycles. The van der Waals surface area contributed by atoms with E-state index in [0.717, 1.165) is 6.42 Å². The third-order valence-electron chi connectivity index (χ3n) is 3.50. The second-order valence-electron chi connectivity index (χ2n) is 4.99. The molecular weight excluding hydrogens is 291 g/mol. The number of nitrogens with two attached hydrogens (primary N) is 2. The molecule has 0 aliphatic rings. The van der Waals surface area contributed by atoms with E-state index >= 15 is 0 Å². The van der Waals surface area contributed by atoms with E-state index in [2.05, 4.69) is 13.8 Å². The van der Waals surface area contributed by atoms with Gasteiger partial charge in [0.05, 0.1) is 11.4 Å². The van der Waals surface area contributed by atoms with E-state index in [4.69, 9.17) is 27.8 Å². The van der Waals surface area contributed by atoms with Gasteiger partial charge in [0.15, 0.2) is 11.6 Å². The van der Waals surface area contributed by atoms with Gasteiger partial charge < -0.3 is 16.2 Å². The van der Waals surface area contributed by atoms with Crippen LogP contribution in [0.1, 0.15) is 31.7 Å². The van der Waals surface area contributed by atoms with Crippen LogP contribution in [0.3, 0.4) is 0 Å². The van der Waals surface area contributed by atoms with Crippen molar-refractivity contribution < 1.29 is 9.13 Å². The van der Waals surface area contributed by atoms with Crippen LogP contribution in [0.2, 0.25) is 5.02 Å². The first-order chi connectivity index (χ1) is 9.93. The first-order valence-electron chi connectivity index (χ1n) is 6.74. The molecule has 2 rings (SSSR count). The third kappa shape index (κ3) is 3.22. The summed E-state index contributed by atoms with van der Waals surface area (Å²) in [5.74, 6) is 0.103. The first-order valence-corrected chi connectivity index (χ1v) is 7.12. The van der Waals surface area contributed by atoms with E-state index in [1.165, 1.54) is 11.6 Å². The average Bonchev–Trinajstić information content (AvgIpc) is 2.49. The molecule has 4 N–H and O–H groups in total. The summed E-state index contributed by atoms with van der Waals surface area (Å²) in [7, 11) is 0. The molecule has 112 valence electrons. The molecule has 0 aliphatic carbocycles. The molecular formula is C16H18ClFN2O. The van der Waals surface area contributed by atoms with E-state index in [1.54, 1.807) is 12.1 Å². The third-order valence-corrected chi connectivity index (χ3v) is 3.88. The minimum atomic E-state index is -0.750. The smallest absolute Gasteiger partial charge is 0.188 e. The number of anilines is 2. The number of hydrogen-bond donors (Lipinski definition) is 2. The summed E-state index contributed by atoms with van der Waals surface area (Å²) in [6.45, 7) is 4.27. The van der Waals surface area contributed by atoms with Crippen molar-refractivity contribution in [2.24, 2.45) is 0 Å². The standard InChI is InChI=1S/C16H18ClFN2O/c1-3-9(2)10-4-6-11(7-5-10)21-16-13(20)8-12(19)14(17)15(16)18/h4-9H,3,19-20H2,1-2H3. The largest absolute Gasteiger partial charge is 0.452 e. The lowest BCUT2D eigenvalue weighted by Crippen LogP contribution is -2.00. The first kappa shape index (κ1) is 15.4. The lowest BCUT2D eigenvalue weighted by atomic mass is 9.99. The number of rotatable bonds is 4.